The first kappa shape index (κ1) is 12.0. The minimum atomic E-state index is 0.405. The van der Waals surface area contributed by atoms with E-state index in [9.17, 15) is 0 Å². The molecule has 1 atom stereocenters. The Bertz CT molecular complexity index is 339. The second-order valence-electron chi connectivity index (χ2n) is 3.78. The summed E-state index contributed by atoms with van der Waals surface area (Å²) in [7, 11) is 2.00. The van der Waals surface area contributed by atoms with Gasteiger partial charge in [-0.05, 0) is 44.0 Å². The van der Waals surface area contributed by atoms with Crippen LogP contribution in [0.25, 0.3) is 6.08 Å². The van der Waals surface area contributed by atoms with Gasteiger partial charge in [0.2, 0.25) is 0 Å². The Balaban J connectivity index is 3.24. The highest BCUT2D eigenvalue weighted by Gasteiger charge is 2.09. The van der Waals surface area contributed by atoms with Crippen LogP contribution in [0.5, 0.6) is 0 Å². The lowest BCUT2D eigenvalue weighted by Crippen LogP contribution is -2.14. The van der Waals surface area contributed by atoms with E-state index < -0.39 is 0 Å². The first-order chi connectivity index (χ1) is 7.24. The molecule has 0 bridgehead atoms. The predicted octanol–water partition coefficient (Wildman–Crippen LogP) is 3.56. The lowest BCUT2D eigenvalue weighted by Gasteiger charge is -2.16. The van der Waals surface area contributed by atoms with E-state index in [-0.39, 0.29) is 0 Å². The normalized spacial score (nSPS) is 13.3. The van der Waals surface area contributed by atoms with E-state index >= 15 is 0 Å². The zero-order chi connectivity index (χ0) is 11.3. The molecule has 1 aromatic carbocycles. The minimum Gasteiger partial charge on any atom is -0.313 e. The van der Waals surface area contributed by atoms with Crippen LogP contribution in [0.3, 0.4) is 0 Å². The topological polar surface area (TPSA) is 12.0 Å². The Labute approximate surface area is 93.2 Å². The predicted molar refractivity (Wildman–Crippen MR) is 68.0 cm³/mol. The van der Waals surface area contributed by atoms with E-state index in [4.69, 9.17) is 0 Å². The van der Waals surface area contributed by atoms with Crippen LogP contribution in [0.1, 0.15) is 43.5 Å². The van der Waals surface area contributed by atoms with Crippen molar-refractivity contribution in [1.82, 2.24) is 5.32 Å². The van der Waals surface area contributed by atoms with Crippen molar-refractivity contribution in [2.24, 2.45) is 0 Å². The van der Waals surface area contributed by atoms with Crippen LogP contribution in [0, 0.1) is 0 Å². The van der Waals surface area contributed by atoms with Gasteiger partial charge in [0.15, 0.2) is 0 Å². The van der Waals surface area contributed by atoms with Crippen molar-refractivity contribution in [2.75, 3.05) is 7.05 Å². The molecule has 0 spiro atoms. The second kappa shape index (κ2) is 5.72. The summed E-state index contributed by atoms with van der Waals surface area (Å²) in [5, 5.41) is 3.30. The number of rotatable bonds is 4. The van der Waals surface area contributed by atoms with E-state index in [0.717, 1.165) is 6.42 Å². The Kier molecular flexibility index (Phi) is 4.57. The number of hydrogen-bond acceptors (Lipinski definition) is 1. The molecule has 0 heterocycles. The van der Waals surface area contributed by atoms with E-state index in [2.05, 4.69) is 56.4 Å². The summed E-state index contributed by atoms with van der Waals surface area (Å²) in [6.45, 7) is 6.47. The molecule has 1 heteroatoms. The molecule has 0 aliphatic rings. The van der Waals surface area contributed by atoms with Gasteiger partial charge in [0.1, 0.15) is 0 Å². The van der Waals surface area contributed by atoms with E-state index in [0.29, 0.717) is 6.04 Å². The Morgan fingerprint density at radius 2 is 2.13 bits per heavy atom. The minimum absolute atomic E-state index is 0.405. The van der Waals surface area contributed by atoms with E-state index in [1.165, 1.54) is 16.7 Å². The van der Waals surface area contributed by atoms with Gasteiger partial charge in [-0.3, -0.25) is 0 Å². The molecule has 0 aromatic heterocycles. The standard InChI is InChI=1S/C14H21N/c1-5-8-14-12(6-2)9-7-10-13(14)11(3)15-4/h5,7-11,15H,6H2,1-4H3/b8-5-. The monoisotopic (exact) mass is 203 g/mol. The number of nitrogens with one attached hydrogen (secondary N) is 1. The molecule has 1 unspecified atom stereocenters. The van der Waals surface area contributed by atoms with Gasteiger partial charge in [-0.15, -0.1) is 0 Å². The number of aryl methyl sites for hydroxylation is 1. The molecule has 0 amide bonds. The van der Waals surface area contributed by atoms with E-state index in [1.54, 1.807) is 0 Å². The van der Waals surface area contributed by atoms with Crippen molar-refractivity contribution in [3.63, 3.8) is 0 Å². The van der Waals surface area contributed by atoms with Crippen molar-refractivity contribution >= 4 is 6.08 Å². The highest BCUT2D eigenvalue weighted by Crippen LogP contribution is 2.23. The maximum atomic E-state index is 3.30. The summed E-state index contributed by atoms with van der Waals surface area (Å²) in [6, 6.07) is 6.97. The zero-order valence-electron chi connectivity index (χ0n) is 10.2. The molecule has 0 saturated carbocycles. The second-order valence-corrected chi connectivity index (χ2v) is 3.78. The highest BCUT2D eigenvalue weighted by atomic mass is 14.9. The Morgan fingerprint density at radius 3 is 2.67 bits per heavy atom. The highest BCUT2D eigenvalue weighted by molar-refractivity contribution is 5.58. The van der Waals surface area contributed by atoms with Crippen LogP contribution in [-0.2, 0) is 6.42 Å². The Hall–Kier alpha value is -1.08. The fourth-order valence-electron chi connectivity index (χ4n) is 1.84. The number of benzene rings is 1. The van der Waals surface area contributed by atoms with Crippen molar-refractivity contribution in [1.29, 1.82) is 0 Å². The molecule has 82 valence electrons. The van der Waals surface area contributed by atoms with Crippen LogP contribution in [0.15, 0.2) is 24.3 Å². The average molecular weight is 203 g/mol. The zero-order valence-corrected chi connectivity index (χ0v) is 10.2. The number of allylic oxidation sites excluding steroid dienone is 1. The lowest BCUT2D eigenvalue weighted by atomic mass is 9.95. The molecular weight excluding hydrogens is 182 g/mol. The molecule has 1 N–H and O–H groups in total. The number of hydrogen-bond donors (Lipinski definition) is 1. The van der Waals surface area contributed by atoms with Crippen LogP contribution < -0.4 is 5.32 Å². The van der Waals surface area contributed by atoms with Crippen molar-refractivity contribution in [3.8, 4) is 0 Å². The van der Waals surface area contributed by atoms with Crippen LogP contribution >= 0.6 is 0 Å². The maximum absolute atomic E-state index is 3.30. The molecule has 0 aliphatic heterocycles. The third-order valence-electron chi connectivity index (χ3n) is 2.84. The molecule has 0 aliphatic carbocycles. The molecule has 1 rings (SSSR count). The maximum Gasteiger partial charge on any atom is 0.0295 e. The Morgan fingerprint density at radius 1 is 1.40 bits per heavy atom. The smallest absolute Gasteiger partial charge is 0.0295 e. The summed E-state index contributed by atoms with van der Waals surface area (Å²) < 4.78 is 0. The molecule has 0 radical (unpaired) electrons. The van der Waals surface area contributed by atoms with Gasteiger partial charge in [-0.25, -0.2) is 0 Å². The van der Waals surface area contributed by atoms with Gasteiger partial charge in [0.25, 0.3) is 0 Å². The SMILES string of the molecule is C/C=C\c1c(CC)cccc1C(C)NC. The van der Waals surface area contributed by atoms with Gasteiger partial charge in [-0.2, -0.15) is 0 Å². The third-order valence-corrected chi connectivity index (χ3v) is 2.84. The van der Waals surface area contributed by atoms with E-state index in [1.807, 2.05) is 7.05 Å². The average Bonchev–Trinajstić information content (AvgIpc) is 2.28. The van der Waals surface area contributed by atoms with Crippen LogP contribution in [0.2, 0.25) is 0 Å². The molecule has 0 fully saturated rings. The van der Waals surface area contributed by atoms with Crippen molar-refractivity contribution in [2.45, 2.75) is 33.2 Å². The molecule has 1 aromatic rings. The first-order valence-electron chi connectivity index (χ1n) is 5.66. The van der Waals surface area contributed by atoms with Crippen LogP contribution in [-0.4, -0.2) is 7.05 Å². The third kappa shape index (κ3) is 2.69. The fraction of sp³-hybridized carbons (Fsp3) is 0.429. The van der Waals surface area contributed by atoms with Gasteiger partial charge < -0.3 is 5.32 Å². The fourth-order valence-corrected chi connectivity index (χ4v) is 1.84. The lowest BCUT2D eigenvalue weighted by molar-refractivity contribution is 0.650. The van der Waals surface area contributed by atoms with Gasteiger partial charge in [0.05, 0.1) is 0 Å². The summed E-state index contributed by atoms with van der Waals surface area (Å²) >= 11 is 0. The van der Waals surface area contributed by atoms with Crippen molar-refractivity contribution < 1.29 is 0 Å². The summed E-state index contributed by atoms with van der Waals surface area (Å²) in [4.78, 5) is 0. The van der Waals surface area contributed by atoms with Gasteiger partial charge >= 0.3 is 0 Å². The molecule has 15 heavy (non-hydrogen) atoms. The van der Waals surface area contributed by atoms with Crippen molar-refractivity contribution in [3.05, 3.63) is 41.0 Å². The summed E-state index contributed by atoms with van der Waals surface area (Å²) in [5.41, 5.74) is 4.19. The van der Waals surface area contributed by atoms with Gasteiger partial charge in [0, 0.05) is 6.04 Å². The van der Waals surface area contributed by atoms with Crippen LogP contribution in [0.4, 0.5) is 0 Å². The first-order valence-corrected chi connectivity index (χ1v) is 5.66. The molecule has 0 saturated heterocycles. The quantitative estimate of drug-likeness (QED) is 0.789. The molecule has 1 nitrogen and oxygen atoms in total. The summed E-state index contributed by atoms with van der Waals surface area (Å²) in [5.74, 6) is 0. The molecular formula is C14H21N. The van der Waals surface area contributed by atoms with Gasteiger partial charge in [-0.1, -0.05) is 37.3 Å². The largest absolute Gasteiger partial charge is 0.313 e. The summed E-state index contributed by atoms with van der Waals surface area (Å²) in [6.07, 6.45) is 5.41.